The van der Waals surface area contributed by atoms with Gasteiger partial charge in [-0.05, 0) is 60.5 Å². The zero-order chi connectivity index (χ0) is 20.8. The van der Waals surface area contributed by atoms with Gasteiger partial charge >= 0.3 is 6.03 Å². The van der Waals surface area contributed by atoms with E-state index in [-0.39, 0.29) is 6.03 Å². The van der Waals surface area contributed by atoms with Crippen molar-refractivity contribution in [1.82, 2.24) is 14.5 Å². The van der Waals surface area contributed by atoms with Crippen LogP contribution in [0.25, 0.3) is 5.82 Å². The van der Waals surface area contributed by atoms with E-state index in [1.165, 1.54) is 11.9 Å². The summed E-state index contributed by atoms with van der Waals surface area (Å²) in [7, 11) is 0. The molecule has 0 aliphatic carbocycles. The predicted octanol–water partition coefficient (Wildman–Crippen LogP) is 5.27. The first-order valence-corrected chi connectivity index (χ1v) is 9.60. The number of carbonyl (C=O) groups is 1. The molecule has 0 spiro atoms. The molecule has 2 N–H and O–H groups in total. The second-order valence-electron chi connectivity index (χ2n) is 6.56. The van der Waals surface area contributed by atoms with Gasteiger partial charge in [0, 0.05) is 29.8 Å². The molecule has 150 valence electrons. The molecule has 0 aliphatic heterocycles. The van der Waals surface area contributed by atoms with E-state index in [2.05, 4.69) is 27.5 Å². The van der Waals surface area contributed by atoms with Crippen molar-refractivity contribution in [2.24, 2.45) is 0 Å². The van der Waals surface area contributed by atoms with Crippen LogP contribution in [0.5, 0.6) is 11.6 Å². The van der Waals surface area contributed by atoms with Crippen LogP contribution < -0.4 is 15.4 Å². The molecule has 2 aromatic carbocycles. The maximum atomic E-state index is 12.2. The van der Waals surface area contributed by atoms with Crippen LogP contribution in [0.2, 0.25) is 0 Å². The Labute approximate surface area is 174 Å². The Hall–Kier alpha value is -4.13. The molecule has 4 rings (SSSR count). The minimum Gasteiger partial charge on any atom is -0.439 e. The van der Waals surface area contributed by atoms with Crippen molar-refractivity contribution >= 4 is 17.4 Å². The third-order valence-corrected chi connectivity index (χ3v) is 4.45. The molecule has 7 heteroatoms. The minimum absolute atomic E-state index is 0.305. The molecular formula is C23H21N5O2. The number of ether oxygens (including phenoxy) is 1. The average molecular weight is 399 g/mol. The lowest BCUT2D eigenvalue weighted by atomic mass is 10.1. The first-order chi connectivity index (χ1) is 14.7. The number of aromatic nitrogens is 3. The molecule has 0 fully saturated rings. The van der Waals surface area contributed by atoms with Gasteiger partial charge in [0.2, 0.25) is 5.88 Å². The highest BCUT2D eigenvalue weighted by atomic mass is 16.5. The molecule has 7 nitrogen and oxygen atoms in total. The number of nitrogens with one attached hydrogen (secondary N) is 2. The number of nitrogens with zero attached hydrogens (tertiary/aromatic N) is 3. The van der Waals surface area contributed by atoms with E-state index in [4.69, 9.17) is 4.74 Å². The minimum atomic E-state index is -0.305. The van der Waals surface area contributed by atoms with E-state index >= 15 is 0 Å². The number of anilines is 2. The van der Waals surface area contributed by atoms with Crippen LogP contribution in [0.4, 0.5) is 16.2 Å². The van der Waals surface area contributed by atoms with Gasteiger partial charge < -0.3 is 19.9 Å². The highest BCUT2D eigenvalue weighted by Crippen LogP contribution is 2.22. The molecule has 30 heavy (non-hydrogen) atoms. The second kappa shape index (κ2) is 8.91. The summed E-state index contributed by atoms with van der Waals surface area (Å²) in [6, 6.07) is 20.1. The van der Waals surface area contributed by atoms with E-state index in [1.54, 1.807) is 30.3 Å². The van der Waals surface area contributed by atoms with Crippen molar-refractivity contribution in [2.75, 3.05) is 10.6 Å². The van der Waals surface area contributed by atoms with Crippen LogP contribution in [-0.4, -0.2) is 20.6 Å². The predicted molar refractivity (Wildman–Crippen MR) is 116 cm³/mol. The van der Waals surface area contributed by atoms with Crippen molar-refractivity contribution in [3.05, 3.63) is 91.0 Å². The van der Waals surface area contributed by atoms with Gasteiger partial charge in [0.15, 0.2) is 0 Å². The maximum Gasteiger partial charge on any atom is 0.323 e. The van der Waals surface area contributed by atoms with Crippen LogP contribution in [0.1, 0.15) is 12.5 Å². The Morgan fingerprint density at radius 1 is 0.933 bits per heavy atom. The molecular weight excluding hydrogens is 378 g/mol. The van der Waals surface area contributed by atoms with Gasteiger partial charge in [0.05, 0.1) is 0 Å². The van der Waals surface area contributed by atoms with Gasteiger partial charge in [-0.1, -0.05) is 19.1 Å². The van der Waals surface area contributed by atoms with E-state index in [9.17, 15) is 4.79 Å². The smallest absolute Gasteiger partial charge is 0.323 e. The van der Waals surface area contributed by atoms with E-state index < -0.39 is 0 Å². The number of hydrogen-bond donors (Lipinski definition) is 2. The molecule has 0 aliphatic rings. The Morgan fingerprint density at radius 3 is 2.20 bits per heavy atom. The van der Waals surface area contributed by atoms with Crippen molar-refractivity contribution in [2.45, 2.75) is 13.3 Å². The topological polar surface area (TPSA) is 81.1 Å². The van der Waals surface area contributed by atoms with Gasteiger partial charge in [-0.25, -0.2) is 14.8 Å². The van der Waals surface area contributed by atoms with E-state index in [1.807, 2.05) is 53.4 Å². The number of amides is 2. The van der Waals surface area contributed by atoms with Crippen LogP contribution in [0.15, 0.2) is 85.5 Å². The molecule has 0 atom stereocenters. The highest BCUT2D eigenvalue weighted by molar-refractivity contribution is 5.99. The maximum absolute atomic E-state index is 12.2. The molecule has 0 saturated heterocycles. The summed E-state index contributed by atoms with van der Waals surface area (Å²) < 4.78 is 7.67. The third kappa shape index (κ3) is 4.82. The fourth-order valence-corrected chi connectivity index (χ4v) is 2.86. The van der Waals surface area contributed by atoms with Crippen LogP contribution in [0.3, 0.4) is 0 Å². The van der Waals surface area contributed by atoms with Gasteiger partial charge in [-0.15, -0.1) is 0 Å². The van der Waals surface area contributed by atoms with E-state index in [0.29, 0.717) is 23.1 Å². The van der Waals surface area contributed by atoms with Crippen molar-refractivity contribution in [3.8, 4) is 17.4 Å². The zero-order valence-electron chi connectivity index (χ0n) is 16.4. The van der Waals surface area contributed by atoms with Gasteiger partial charge in [0.25, 0.3) is 0 Å². The van der Waals surface area contributed by atoms with Crippen LogP contribution in [0, 0.1) is 0 Å². The van der Waals surface area contributed by atoms with Crippen LogP contribution >= 0.6 is 0 Å². The van der Waals surface area contributed by atoms with Gasteiger partial charge in [-0.3, -0.25) is 0 Å². The lowest BCUT2D eigenvalue weighted by Gasteiger charge is -2.10. The molecule has 2 heterocycles. The fourth-order valence-electron chi connectivity index (χ4n) is 2.86. The summed E-state index contributed by atoms with van der Waals surface area (Å²) in [5.74, 6) is 1.75. The number of hydrogen-bond acceptors (Lipinski definition) is 4. The lowest BCUT2D eigenvalue weighted by molar-refractivity contribution is 0.262. The second-order valence-corrected chi connectivity index (χ2v) is 6.56. The molecule has 0 saturated carbocycles. The SMILES string of the molecule is CCc1ccc(NC(=O)Nc2ccc(Oc3cc(-n4cccc4)ncn3)cc2)cc1. The number of benzene rings is 2. The highest BCUT2D eigenvalue weighted by Gasteiger charge is 2.05. The van der Waals surface area contributed by atoms with Crippen molar-refractivity contribution in [1.29, 1.82) is 0 Å². The van der Waals surface area contributed by atoms with Crippen molar-refractivity contribution < 1.29 is 9.53 Å². The molecule has 0 bridgehead atoms. The van der Waals surface area contributed by atoms with E-state index in [0.717, 1.165) is 12.1 Å². The summed E-state index contributed by atoms with van der Waals surface area (Å²) in [5, 5.41) is 5.62. The zero-order valence-corrected chi connectivity index (χ0v) is 16.4. The summed E-state index contributed by atoms with van der Waals surface area (Å²) in [6.45, 7) is 2.09. The van der Waals surface area contributed by atoms with Gasteiger partial charge in [0.1, 0.15) is 17.9 Å². The Morgan fingerprint density at radius 2 is 1.57 bits per heavy atom. The Bertz CT molecular complexity index is 1110. The number of aryl methyl sites for hydroxylation is 1. The number of rotatable bonds is 6. The normalized spacial score (nSPS) is 10.4. The monoisotopic (exact) mass is 399 g/mol. The summed E-state index contributed by atoms with van der Waals surface area (Å²) in [4.78, 5) is 20.6. The molecule has 0 radical (unpaired) electrons. The largest absolute Gasteiger partial charge is 0.439 e. The first-order valence-electron chi connectivity index (χ1n) is 9.60. The van der Waals surface area contributed by atoms with Gasteiger partial charge in [-0.2, -0.15) is 0 Å². The quantitative estimate of drug-likeness (QED) is 0.463. The summed E-state index contributed by atoms with van der Waals surface area (Å²) in [5.41, 5.74) is 2.62. The summed E-state index contributed by atoms with van der Waals surface area (Å²) in [6.07, 6.45) is 6.22. The number of carbonyl (C=O) groups excluding carboxylic acids is 1. The molecule has 0 unspecified atom stereocenters. The number of urea groups is 1. The lowest BCUT2D eigenvalue weighted by Crippen LogP contribution is -2.19. The van der Waals surface area contributed by atoms with Crippen LogP contribution in [-0.2, 0) is 6.42 Å². The Balaban J connectivity index is 1.36. The first kappa shape index (κ1) is 19.2. The Kier molecular flexibility index (Phi) is 5.70. The average Bonchev–Trinajstić information content (AvgIpc) is 3.31. The van der Waals surface area contributed by atoms with Crippen molar-refractivity contribution in [3.63, 3.8) is 0 Å². The fraction of sp³-hybridized carbons (Fsp3) is 0.0870. The summed E-state index contributed by atoms with van der Waals surface area (Å²) >= 11 is 0. The molecule has 2 aromatic heterocycles. The molecule has 2 amide bonds. The standard InChI is InChI=1S/C23H21N5O2/c1-2-17-5-7-18(8-6-17)26-23(29)27-19-9-11-20(12-10-19)30-22-15-21(24-16-25-22)28-13-3-4-14-28/h3-16H,2H2,1H3,(H2,26,27,29). The molecule has 4 aromatic rings. The third-order valence-electron chi connectivity index (χ3n) is 4.45.